The van der Waals surface area contributed by atoms with Crippen molar-refractivity contribution in [2.45, 2.75) is 53.6 Å². The Kier molecular flexibility index (Phi) is 3.81. The number of ether oxygens (including phenoxy) is 1. The first-order valence-electron chi connectivity index (χ1n) is 6.35. The normalized spacial score (nSPS) is 37.4. The van der Waals surface area contributed by atoms with Crippen LogP contribution in [-0.4, -0.2) is 31.7 Å². The minimum atomic E-state index is -0.349. The molecule has 0 aromatic carbocycles. The average molecular weight is 226 g/mol. The van der Waals surface area contributed by atoms with Crippen LogP contribution in [0.15, 0.2) is 0 Å². The molecule has 1 rings (SSSR count). The highest BCUT2D eigenvalue weighted by molar-refractivity contribution is 6.11. The van der Waals surface area contributed by atoms with E-state index >= 15 is 0 Å². The molecular weight excluding hydrogens is 199 g/mol. The van der Waals surface area contributed by atoms with Gasteiger partial charge in [0.1, 0.15) is 7.85 Å². The lowest BCUT2D eigenvalue weighted by molar-refractivity contribution is -0.155. The molecule has 0 amide bonds. The molecule has 0 aliphatic carbocycles. The maximum atomic E-state index is 10.4. The Balaban J connectivity index is 3.00. The maximum absolute atomic E-state index is 10.4. The quantitative estimate of drug-likeness (QED) is 0.636. The Morgan fingerprint density at radius 3 is 1.94 bits per heavy atom. The van der Waals surface area contributed by atoms with Gasteiger partial charge < -0.3 is 9.84 Å². The Morgan fingerprint density at radius 2 is 1.56 bits per heavy atom. The highest BCUT2D eigenvalue weighted by atomic mass is 16.5. The van der Waals surface area contributed by atoms with Crippen LogP contribution >= 0.6 is 0 Å². The molecule has 4 atom stereocenters. The van der Waals surface area contributed by atoms with E-state index in [1.54, 1.807) is 0 Å². The van der Waals surface area contributed by atoms with E-state index in [1.807, 2.05) is 7.85 Å². The third kappa shape index (κ3) is 2.81. The highest BCUT2D eigenvalue weighted by Gasteiger charge is 2.47. The van der Waals surface area contributed by atoms with Crippen LogP contribution in [0.3, 0.4) is 0 Å². The maximum Gasteiger partial charge on any atom is 0.142 e. The van der Waals surface area contributed by atoms with Gasteiger partial charge in [-0.15, -0.1) is 0 Å². The van der Waals surface area contributed by atoms with Crippen molar-refractivity contribution in [3.05, 3.63) is 0 Å². The van der Waals surface area contributed by atoms with Crippen LogP contribution in [0.25, 0.3) is 0 Å². The fourth-order valence-corrected chi connectivity index (χ4v) is 2.89. The Hall–Kier alpha value is -0.0151. The molecular formula is C13H27BO2. The fourth-order valence-electron chi connectivity index (χ4n) is 2.89. The molecule has 0 aromatic heterocycles. The van der Waals surface area contributed by atoms with Gasteiger partial charge in [-0.2, -0.15) is 0 Å². The van der Waals surface area contributed by atoms with Gasteiger partial charge in [-0.1, -0.05) is 41.5 Å². The van der Waals surface area contributed by atoms with Crippen LogP contribution in [0.5, 0.6) is 0 Å². The van der Waals surface area contributed by atoms with E-state index in [9.17, 15) is 5.11 Å². The minimum absolute atomic E-state index is 0.0391. The van der Waals surface area contributed by atoms with Crippen molar-refractivity contribution in [3.63, 3.8) is 0 Å². The molecule has 0 spiro atoms. The Bertz CT molecular complexity index is 239. The summed E-state index contributed by atoms with van der Waals surface area (Å²) in [5, 5.41) is 10.4. The molecule has 2 nitrogen and oxygen atoms in total. The van der Waals surface area contributed by atoms with Gasteiger partial charge in [0.2, 0.25) is 0 Å². The minimum Gasteiger partial charge on any atom is -0.391 e. The monoisotopic (exact) mass is 226 g/mol. The molecule has 1 aliphatic heterocycles. The van der Waals surface area contributed by atoms with Gasteiger partial charge >= 0.3 is 0 Å². The second kappa shape index (κ2) is 4.34. The SMILES string of the molecule is BC1OCC(C(C)(C)C)C(C(C)(C)C)C1O. The van der Waals surface area contributed by atoms with Crippen LogP contribution in [0, 0.1) is 22.7 Å². The summed E-state index contributed by atoms with van der Waals surface area (Å²) in [5.41, 5.74) is 0.300. The van der Waals surface area contributed by atoms with E-state index in [4.69, 9.17) is 4.74 Å². The smallest absolute Gasteiger partial charge is 0.142 e. The van der Waals surface area contributed by atoms with Gasteiger partial charge in [-0.05, 0) is 22.7 Å². The number of hydrogen-bond donors (Lipinski definition) is 1. The van der Waals surface area contributed by atoms with Gasteiger partial charge in [-0.3, -0.25) is 0 Å². The van der Waals surface area contributed by atoms with Gasteiger partial charge in [0.15, 0.2) is 0 Å². The molecule has 1 heterocycles. The van der Waals surface area contributed by atoms with E-state index in [-0.39, 0.29) is 22.9 Å². The molecule has 3 heteroatoms. The highest BCUT2D eigenvalue weighted by Crippen LogP contribution is 2.46. The lowest BCUT2D eigenvalue weighted by atomic mass is 9.59. The topological polar surface area (TPSA) is 29.5 Å². The van der Waals surface area contributed by atoms with Crippen molar-refractivity contribution in [1.29, 1.82) is 0 Å². The molecule has 1 saturated heterocycles. The molecule has 0 aromatic rings. The van der Waals surface area contributed by atoms with Crippen molar-refractivity contribution in [1.82, 2.24) is 0 Å². The van der Waals surface area contributed by atoms with E-state index in [0.717, 1.165) is 6.61 Å². The van der Waals surface area contributed by atoms with Crippen molar-refractivity contribution in [2.24, 2.45) is 22.7 Å². The van der Waals surface area contributed by atoms with Crippen LogP contribution in [0.4, 0.5) is 0 Å². The molecule has 4 unspecified atom stereocenters. The Morgan fingerprint density at radius 1 is 1.06 bits per heavy atom. The van der Waals surface area contributed by atoms with Crippen molar-refractivity contribution >= 4 is 7.85 Å². The predicted molar refractivity (Wildman–Crippen MR) is 70.2 cm³/mol. The lowest BCUT2D eigenvalue weighted by Crippen LogP contribution is -2.54. The number of aliphatic hydroxyl groups excluding tert-OH is 1. The first kappa shape index (κ1) is 14.0. The van der Waals surface area contributed by atoms with E-state index in [1.165, 1.54) is 0 Å². The molecule has 1 fully saturated rings. The summed E-state index contributed by atoms with van der Waals surface area (Å²) in [5.74, 6) is 0.718. The molecule has 0 bridgehead atoms. The summed E-state index contributed by atoms with van der Waals surface area (Å²) in [6.45, 7) is 14.1. The largest absolute Gasteiger partial charge is 0.391 e. The first-order chi connectivity index (χ1) is 7.05. The van der Waals surface area contributed by atoms with Crippen LogP contribution < -0.4 is 0 Å². The summed E-state index contributed by atoms with van der Waals surface area (Å²) in [7, 11) is 1.97. The zero-order valence-electron chi connectivity index (χ0n) is 11.9. The van der Waals surface area contributed by atoms with Crippen molar-refractivity contribution in [3.8, 4) is 0 Å². The molecule has 0 radical (unpaired) electrons. The molecule has 94 valence electrons. The predicted octanol–water partition coefficient (Wildman–Crippen LogP) is 1.66. The van der Waals surface area contributed by atoms with Crippen molar-refractivity contribution in [2.75, 3.05) is 6.61 Å². The number of aliphatic hydroxyl groups is 1. The van der Waals surface area contributed by atoms with E-state index in [2.05, 4.69) is 41.5 Å². The molecule has 16 heavy (non-hydrogen) atoms. The average Bonchev–Trinajstić information content (AvgIpc) is 2.05. The second-order valence-electron chi connectivity index (χ2n) is 7.39. The summed E-state index contributed by atoms with van der Waals surface area (Å²) < 4.78 is 5.70. The van der Waals surface area contributed by atoms with Crippen LogP contribution in [-0.2, 0) is 4.74 Å². The molecule has 1 N–H and O–H groups in total. The molecule has 0 saturated carbocycles. The third-order valence-corrected chi connectivity index (χ3v) is 3.93. The standard InChI is InChI=1S/C13H27BO2/c1-12(2,3)8-7-16-11(14)10(15)9(8)13(4,5)6/h8-11,15H,7,14H2,1-6H3. The molecule has 1 aliphatic rings. The van der Waals surface area contributed by atoms with Crippen LogP contribution in [0.1, 0.15) is 41.5 Å². The van der Waals surface area contributed by atoms with Crippen molar-refractivity contribution < 1.29 is 9.84 Å². The number of rotatable bonds is 0. The first-order valence-corrected chi connectivity index (χ1v) is 6.35. The zero-order chi connectivity index (χ0) is 12.7. The second-order valence-corrected chi connectivity index (χ2v) is 7.39. The van der Waals surface area contributed by atoms with E-state index in [0.29, 0.717) is 11.8 Å². The van der Waals surface area contributed by atoms with Gasteiger partial charge in [0.05, 0.1) is 6.10 Å². The lowest BCUT2D eigenvalue weighted by Gasteiger charge is -2.50. The van der Waals surface area contributed by atoms with Gasteiger partial charge in [0, 0.05) is 12.6 Å². The van der Waals surface area contributed by atoms with Crippen LogP contribution in [0.2, 0.25) is 0 Å². The Labute approximate surface area is 101 Å². The van der Waals surface area contributed by atoms with E-state index < -0.39 is 0 Å². The summed E-state index contributed by atoms with van der Waals surface area (Å²) in [6, 6.07) is -0.0391. The fraction of sp³-hybridized carbons (Fsp3) is 1.00. The summed E-state index contributed by atoms with van der Waals surface area (Å²) >= 11 is 0. The zero-order valence-corrected chi connectivity index (χ0v) is 11.9. The summed E-state index contributed by atoms with van der Waals surface area (Å²) in [4.78, 5) is 0. The number of hydrogen-bond acceptors (Lipinski definition) is 2. The van der Waals surface area contributed by atoms with Gasteiger partial charge in [-0.25, -0.2) is 0 Å². The third-order valence-electron chi connectivity index (χ3n) is 3.93. The summed E-state index contributed by atoms with van der Waals surface area (Å²) in [6.07, 6.45) is -0.349. The van der Waals surface area contributed by atoms with Gasteiger partial charge in [0.25, 0.3) is 0 Å².